The molecule has 1 saturated carbocycles. The van der Waals surface area contributed by atoms with Gasteiger partial charge < -0.3 is 5.32 Å². The van der Waals surface area contributed by atoms with Crippen molar-refractivity contribution in [3.8, 4) is 0 Å². The van der Waals surface area contributed by atoms with Crippen molar-refractivity contribution >= 4 is 5.69 Å². The third-order valence-corrected chi connectivity index (χ3v) is 2.85. The topological polar surface area (TPSA) is 12.0 Å². The monoisotopic (exact) mass is 247 g/mol. The van der Waals surface area contributed by atoms with E-state index in [1.807, 2.05) is 0 Å². The minimum atomic E-state index is -4.64. The second-order valence-electron chi connectivity index (χ2n) is 4.35. The summed E-state index contributed by atoms with van der Waals surface area (Å²) in [6.07, 6.45) is -1.27. The molecule has 0 bridgehead atoms. The Balaban J connectivity index is 2.01. The molecule has 0 aliphatic heterocycles. The van der Waals surface area contributed by atoms with Crippen molar-refractivity contribution in [2.45, 2.75) is 25.4 Å². The standard InChI is InChI=1S/C12H13F4N/c13-11-4-3-9(7-10(11)12(14,15)16)17-6-5-8-1-2-8/h3-4,7-8,17H,1-2,5-6H2. The smallest absolute Gasteiger partial charge is 0.385 e. The summed E-state index contributed by atoms with van der Waals surface area (Å²) >= 11 is 0. The largest absolute Gasteiger partial charge is 0.419 e. The number of benzene rings is 1. The predicted molar refractivity (Wildman–Crippen MR) is 57.2 cm³/mol. The molecule has 0 saturated heterocycles. The molecule has 2 rings (SSSR count). The molecule has 94 valence electrons. The van der Waals surface area contributed by atoms with Gasteiger partial charge in [0.2, 0.25) is 0 Å². The van der Waals surface area contributed by atoms with Crippen molar-refractivity contribution in [3.63, 3.8) is 0 Å². The van der Waals surface area contributed by atoms with E-state index in [0.29, 0.717) is 18.2 Å². The summed E-state index contributed by atoms with van der Waals surface area (Å²) in [4.78, 5) is 0. The van der Waals surface area contributed by atoms with Crippen LogP contribution in [0, 0.1) is 11.7 Å². The summed E-state index contributed by atoms with van der Waals surface area (Å²) in [7, 11) is 0. The zero-order valence-electron chi connectivity index (χ0n) is 9.15. The van der Waals surface area contributed by atoms with Crippen LogP contribution in [0.15, 0.2) is 18.2 Å². The van der Waals surface area contributed by atoms with E-state index in [9.17, 15) is 17.6 Å². The van der Waals surface area contributed by atoms with E-state index in [4.69, 9.17) is 0 Å². The van der Waals surface area contributed by atoms with Gasteiger partial charge in [0, 0.05) is 12.2 Å². The summed E-state index contributed by atoms with van der Waals surface area (Å²) in [5.74, 6) is -0.518. The quantitative estimate of drug-likeness (QED) is 0.791. The van der Waals surface area contributed by atoms with E-state index in [2.05, 4.69) is 5.32 Å². The van der Waals surface area contributed by atoms with Crippen molar-refractivity contribution in [3.05, 3.63) is 29.6 Å². The van der Waals surface area contributed by atoms with E-state index in [0.717, 1.165) is 18.6 Å². The Morgan fingerprint density at radius 3 is 2.53 bits per heavy atom. The molecule has 1 aromatic rings. The Kier molecular flexibility index (Phi) is 3.26. The van der Waals surface area contributed by atoms with Crippen LogP contribution in [0.4, 0.5) is 23.2 Å². The molecule has 0 radical (unpaired) electrons. The Bertz CT molecular complexity index is 396. The summed E-state index contributed by atoms with van der Waals surface area (Å²) in [6, 6.07) is 3.00. The van der Waals surface area contributed by atoms with Gasteiger partial charge >= 0.3 is 6.18 Å². The fourth-order valence-corrected chi connectivity index (χ4v) is 1.68. The van der Waals surface area contributed by atoms with Crippen LogP contribution in [-0.2, 0) is 6.18 Å². The number of alkyl halides is 3. The molecule has 0 heterocycles. The average Bonchev–Trinajstić information content (AvgIpc) is 3.03. The highest BCUT2D eigenvalue weighted by Gasteiger charge is 2.34. The molecule has 0 aromatic heterocycles. The van der Waals surface area contributed by atoms with Crippen LogP contribution in [0.1, 0.15) is 24.8 Å². The van der Waals surface area contributed by atoms with Gasteiger partial charge in [-0.15, -0.1) is 0 Å². The summed E-state index contributed by atoms with van der Waals surface area (Å²) in [6.45, 7) is 0.633. The molecular formula is C12H13F4N. The highest BCUT2D eigenvalue weighted by molar-refractivity contribution is 5.47. The second kappa shape index (κ2) is 4.55. The lowest BCUT2D eigenvalue weighted by Gasteiger charge is -2.11. The second-order valence-corrected chi connectivity index (χ2v) is 4.35. The molecular weight excluding hydrogens is 234 g/mol. The predicted octanol–water partition coefficient (Wildman–Crippen LogP) is 4.06. The van der Waals surface area contributed by atoms with Gasteiger partial charge in [0.25, 0.3) is 0 Å². The Morgan fingerprint density at radius 2 is 1.94 bits per heavy atom. The molecule has 5 heteroatoms. The normalized spacial score (nSPS) is 16.0. The van der Waals surface area contributed by atoms with Crippen LogP contribution >= 0.6 is 0 Å². The van der Waals surface area contributed by atoms with Crippen molar-refractivity contribution < 1.29 is 17.6 Å². The minimum absolute atomic E-state index is 0.319. The summed E-state index contributed by atoms with van der Waals surface area (Å²) in [5.41, 5.74) is -0.895. The first kappa shape index (κ1) is 12.2. The van der Waals surface area contributed by atoms with Crippen molar-refractivity contribution in [2.75, 3.05) is 11.9 Å². The van der Waals surface area contributed by atoms with Crippen LogP contribution in [0.2, 0.25) is 0 Å². The highest BCUT2D eigenvalue weighted by atomic mass is 19.4. The van der Waals surface area contributed by atoms with Crippen molar-refractivity contribution in [1.82, 2.24) is 0 Å². The minimum Gasteiger partial charge on any atom is -0.385 e. The van der Waals surface area contributed by atoms with E-state index < -0.39 is 17.6 Å². The molecule has 1 N–H and O–H groups in total. The average molecular weight is 247 g/mol. The maximum absolute atomic E-state index is 13.0. The first-order chi connectivity index (χ1) is 7.97. The number of anilines is 1. The summed E-state index contributed by atoms with van der Waals surface area (Å²) in [5, 5.41) is 2.89. The van der Waals surface area contributed by atoms with Crippen LogP contribution in [0.5, 0.6) is 0 Å². The molecule has 0 amide bonds. The lowest BCUT2D eigenvalue weighted by Crippen LogP contribution is -2.10. The Hall–Kier alpha value is -1.26. The first-order valence-electron chi connectivity index (χ1n) is 5.57. The lowest BCUT2D eigenvalue weighted by molar-refractivity contribution is -0.139. The highest BCUT2D eigenvalue weighted by Crippen LogP contribution is 2.34. The molecule has 1 aliphatic carbocycles. The fraction of sp³-hybridized carbons (Fsp3) is 0.500. The third-order valence-electron chi connectivity index (χ3n) is 2.85. The van der Waals surface area contributed by atoms with Crippen molar-refractivity contribution in [2.24, 2.45) is 5.92 Å². The van der Waals surface area contributed by atoms with Gasteiger partial charge in [-0.1, -0.05) is 12.8 Å². The van der Waals surface area contributed by atoms with Gasteiger partial charge in [-0.3, -0.25) is 0 Å². The van der Waals surface area contributed by atoms with Gasteiger partial charge in [-0.2, -0.15) is 13.2 Å². The number of nitrogens with one attached hydrogen (secondary N) is 1. The number of rotatable bonds is 4. The third kappa shape index (κ3) is 3.35. The zero-order chi connectivity index (χ0) is 12.5. The van der Waals surface area contributed by atoms with E-state index >= 15 is 0 Å². The van der Waals surface area contributed by atoms with Crippen molar-refractivity contribution in [1.29, 1.82) is 0 Å². The number of halogens is 4. The molecule has 1 aliphatic rings. The van der Waals surface area contributed by atoms with E-state index in [-0.39, 0.29) is 0 Å². The molecule has 1 fully saturated rings. The van der Waals surface area contributed by atoms with Gasteiger partial charge in [0.05, 0.1) is 5.56 Å². The van der Waals surface area contributed by atoms with Crippen LogP contribution in [0.25, 0.3) is 0 Å². The first-order valence-corrected chi connectivity index (χ1v) is 5.57. The van der Waals surface area contributed by atoms with E-state index in [1.54, 1.807) is 0 Å². The zero-order valence-corrected chi connectivity index (χ0v) is 9.15. The molecule has 1 nitrogen and oxygen atoms in total. The molecule has 17 heavy (non-hydrogen) atoms. The molecule has 0 unspecified atom stereocenters. The van der Waals surface area contributed by atoms with Crippen LogP contribution in [-0.4, -0.2) is 6.54 Å². The summed E-state index contributed by atoms with van der Waals surface area (Å²) < 4.78 is 50.2. The maximum Gasteiger partial charge on any atom is 0.419 e. The Labute approximate surface area is 96.8 Å². The van der Waals surface area contributed by atoms with Gasteiger partial charge in [-0.05, 0) is 30.5 Å². The fourth-order valence-electron chi connectivity index (χ4n) is 1.68. The Morgan fingerprint density at radius 1 is 1.24 bits per heavy atom. The van der Waals surface area contributed by atoms with Gasteiger partial charge in [0.1, 0.15) is 5.82 Å². The molecule has 0 spiro atoms. The van der Waals surface area contributed by atoms with Gasteiger partial charge in [-0.25, -0.2) is 4.39 Å². The number of hydrogen-bond acceptors (Lipinski definition) is 1. The van der Waals surface area contributed by atoms with E-state index in [1.165, 1.54) is 18.9 Å². The SMILES string of the molecule is Fc1ccc(NCCC2CC2)cc1C(F)(F)F. The van der Waals surface area contributed by atoms with Gasteiger partial charge in [0.15, 0.2) is 0 Å². The molecule has 0 atom stereocenters. The lowest BCUT2D eigenvalue weighted by atomic mass is 10.1. The van der Waals surface area contributed by atoms with Crippen LogP contribution < -0.4 is 5.32 Å². The maximum atomic E-state index is 13.0. The molecule has 1 aromatic carbocycles. The number of hydrogen-bond donors (Lipinski definition) is 1. The van der Waals surface area contributed by atoms with Crippen LogP contribution in [0.3, 0.4) is 0 Å².